The van der Waals surface area contributed by atoms with Crippen LogP contribution in [0.1, 0.15) is 11.1 Å². The van der Waals surface area contributed by atoms with Crippen molar-refractivity contribution in [3.05, 3.63) is 65.9 Å². The number of carbonyl (C=O) groups is 1. The standard InChI is InChI=1S/C17H17N3O2/c21-11-14-4-2-1-3-13(14)10-19-17(22)20-15-5-6-16-12(9-15)7-8-18-16/h1-9,18,21H,10-11H2,(H2,19,20,22). The molecule has 3 rings (SSSR count). The second-order valence-electron chi connectivity index (χ2n) is 5.01. The molecular weight excluding hydrogens is 278 g/mol. The summed E-state index contributed by atoms with van der Waals surface area (Å²) in [5.74, 6) is 0. The van der Waals surface area contributed by atoms with Gasteiger partial charge < -0.3 is 20.7 Å². The molecular formula is C17H17N3O2. The molecule has 0 aliphatic carbocycles. The van der Waals surface area contributed by atoms with Crippen LogP contribution in [0.4, 0.5) is 10.5 Å². The van der Waals surface area contributed by atoms with Crippen LogP contribution in [0.5, 0.6) is 0 Å². The number of H-pyrrole nitrogens is 1. The molecule has 0 saturated heterocycles. The molecule has 0 radical (unpaired) electrons. The molecule has 5 heteroatoms. The summed E-state index contributed by atoms with van der Waals surface area (Å²) in [5, 5.41) is 15.9. The van der Waals surface area contributed by atoms with Gasteiger partial charge in [0.05, 0.1) is 6.61 Å². The molecule has 0 spiro atoms. The van der Waals surface area contributed by atoms with Gasteiger partial charge in [0, 0.05) is 29.3 Å². The molecule has 0 unspecified atom stereocenters. The number of amides is 2. The third kappa shape index (κ3) is 3.10. The molecule has 0 fully saturated rings. The van der Waals surface area contributed by atoms with E-state index in [4.69, 9.17) is 0 Å². The second kappa shape index (κ2) is 6.32. The molecule has 5 nitrogen and oxygen atoms in total. The topological polar surface area (TPSA) is 77.2 Å². The lowest BCUT2D eigenvalue weighted by atomic mass is 10.1. The maximum atomic E-state index is 12.0. The van der Waals surface area contributed by atoms with E-state index in [-0.39, 0.29) is 12.6 Å². The molecule has 1 heterocycles. The summed E-state index contributed by atoms with van der Waals surface area (Å²) >= 11 is 0. The van der Waals surface area contributed by atoms with Gasteiger partial charge in [-0.1, -0.05) is 24.3 Å². The lowest BCUT2D eigenvalue weighted by Gasteiger charge is -2.10. The van der Waals surface area contributed by atoms with Gasteiger partial charge in [0.25, 0.3) is 0 Å². The third-order valence-electron chi connectivity index (χ3n) is 3.54. The van der Waals surface area contributed by atoms with Crippen LogP contribution < -0.4 is 10.6 Å². The Bertz CT molecular complexity index is 795. The Kier molecular flexibility index (Phi) is 4.07. The fourth-order valence-electron chi connectivity index (χ4n) is 2.37. The molecule has 0 saturated carbocycles. The number of aromatic amines is 1. The van der Waals surface area contributed by atoms with Gasteiger partial charge in [0.15, 0.2) is 0 Å². The number of anilines is 1. The van der Waals surface area contributed by atoms with Gasteiger partial charge in [-0.15, -0.1) is 0 Å². The van der Waals surface area contributed by atoms with Crippen LogP contribution in [0.3, 0.4) is 0 Å². The lowest BCUT2D eigenvalue weighted by molar-refractivity contribution is 0.251. The minimum atomic E-state index is -0.275. The third-order valence-corrected chi connectivity index (χ3v) is 3.54. The minimum Gasteiger partial charge on any atom is -0.392 e. The largest absolute Gasteiger partial charge is 0.392 e. The molecule has 22 heavy (non-hydrogen) atoms. The van der Waals surface area contributed by atoms with Crippen LogP contribution in [0.2, 0.25) is 0 Å². The Hall–Kier alpha value is -2.79. The number of aliphatic hydroxyl groups excluding tert-OH is 1. The molecule has 2 amide bonds. The van der Waals surface area contributed by atoms with Gasteiger partial charge in [-0.2, -0.15) is 0 Å². The number of fused-ring (bicyclic) bond motifs is 1. The summed E-state index contributed by atoms with van der Waals surface area (Å²) in [6, 6.07) is 14.8. The van der Waals surface area contributed by atoms with E-state index in [0.29, 0.717) is 6.54 Å². The number of hydrogen-bond acceptors (Lipinski definition) is 2. The molecule has 0 aliphatic rings. The van der Waals surface area contributed by atoms with Crippen molar-refractivity contribution in [3.8, 4) is 0 Å². The van der Waals surface area contributed by atoms with Crippen molar-refractivity contribution in [3.63, 3.8) is 0 Å². The highest BCUT2D eigenvalue weighted by Gasteiger charge is 2.05. The molecule has 3 aromatic rings. The van der Waals surface area contributed by atoms with Crippen molar-refractivity contribution >= 4 is 22.6 Å². The smallest absolute Gasteiger partial charge is 0.319 e. The normalized spacial score (nSPS) is 10.6. The number of carbonyl (C=O) groups excluding carboxylic acids is 1. The highest BCUT2D eigenvalue weighted by molar-refractivity contribution is 5.92. The maximum absolute atomic E-state index is 12.0. The first-order valence-corrected chi connectivity index (χ1v) is 7.06. The Balaban J connectivity index is 1.62. The van der Waals surface area contributed by atoms with E-state index in [1.807, 2.05) is 54.7 Å². The van der Waals surface area contributed by atoms with Crippen LogP contribution in [-0.4, -0.2) is 16.1 Å². The summed E-state index contributed by atoms with van der Waals surface area (Å²) in [7, 11) is 0. The first-order chi connectivity index (χ1) is 10.8. The van der Waals surface area contributed by atoms with Crippen molar-refractivity contribution in [1.82, 2.24) is 10.3 Å². The van der Waals surface area contributed by atoms with Gasteiger partial charge in [-0.3, -0.25) is 0 Å². The predicted molar refractivity (Wildman–Crippen MR) is 86.5 cm³/mol. The SMILES string of the molecule is O=C(NCc1ccccc1CO)Nc1ccc2[nH]ccc2c1. The van der Waals surface area contributed by atoms with Crippen LogP contribution in [0, 0.1) is 0 Å². The van der Waals surface area contributed by atoms with Gasteiger partial charge in [-0.05, 0) is 35.4 Å². The highest BCUT2D eigenvalue weighted by Crippen LogP contribution is 2.17. The highest BCUT2D eigenvalue weighted by atomic mass is 16.3. The van der Waals surface area contributed by atoms with Gasteiger partial charge in [0.1, 0.15) is 0 Å². The number of benzene rings is 2. The van der Waals surface area contributed by atoms with Crippen molar-refractivity contribution in [2.24, 2.45) is 0 Å². The maximum Gasteiger partial charge on any atom is 0.319 e. The molecule has 0 aliphatic heterocycles. The zero-order valence-corrected chi connectivity index (χ0v) is 12.0. The molecule has 1 aromatic heterocycles. The van der Waals surface area contributed by atoms with E-state index in [1.165, 1.54) is 0 Å². The number of aromatic nitrogens is 1. The fraction of sp³-hybridized carbons (Fsp3) is 0.118. The number of nitrogens with one attached hydrogen (secondary N) is 3. The van der Waals surface area contributed by atoms with E-state index in [1.54, 1.807) is 0 Å². The average molecular weight is 295 g/mol. The minimum absolute atomic E-state index is 0.0381. The average Bonchev–Trinajstić information content (AvgIpc) is 3.01. The monoisotopic (exact) mass is 295 g/mol. The molecule has 0 bridgehead atoms. The van der Waals surface area contributed by atoms with E-state index >= 15 is 0 Å². The van der Waals surface area contributed by atoms with E-state index in [0.717, 1.165) is 27.7 Å². The van der Waals surface area contributed by atoms with E-state index < -0.39 is 0 Å². The molecule has 112 valence electrons. The Labute approximate surface area is 128 Å². The van der Waals surface area contributed by atoms with Crippen LogP contribution in [0.25, 0.3) is 10.9 Å². The Morgan fingerprint density at radius 1 is 1.09 bits per heavy atom. The van der Waals surface area contributed by atoms with Crippen molar-refractivity contribution in [1.29, 1.82) is 0 Å². The van der Waals surface area contributed by atoms with Gasteiger partial charge >= 0.3 is 6.03 Å². The first-order valence-electron chi connectivity index (χ1n) is 7.06. The Morgan fingerprint density at radius 2 is 1.91 bits per heavy atom. The first kappa shape index (κ1) is 14.2. The van der Waals surface area contributed by atoms with E-state index in [9.17, 15) is 9.90 Å². The summed E-state index contributed by atoms with van der Waals surface area (Å²) in [5.41, 5.74) is 3.49. The fourth-order valence-corrected chi connectivity index (χ4v) is 2.37. The summed E-state index contributed by atoms with van der Waals surface area (Å²) in [6.45, 7) is 0.332. The summed E-state index contributed by atoms with van der Waals surface area (Å²) in [4.78, 5) is 15.1. The number of hydrogen-bond donors (Lipinski definition) is 4. The number of aliphatic hydroxyl groups is 1. The molecule has 4 N–H and O–H groups in total. The summed E-state index contributed by atoms with van der Waals surface area (Å²) in [6.07, 6.45) is 1.86. The van der Waals surface area contributed by atoms with Gasteiger partial charge in [-0.25, -0.2) is 4.79 Å². The van der Waals surface area contributed by atoms with Crippen LogP contribution >= 0.6 is 0 Å². The molecule has 0 atom stereocenters. The quantitative estimate of drug-likeness (QED) is 0.597. The van der Waals surface area contributed by atoms with Crippen LogP contribution in [-0.2, 0) is 13.2 Å². The van der Waals surface area contributed by atoms with Crippen LogP contribution in [0.15, 0.2) is 54.7 Å². The lowest BCUT2D eigenvalue weighted by Crippen LogP contribution is -2.28. The zero-order chi connectivity index (χ0) is 15.4. The summed E-state index contributed by atoms with van der Waals surface area (Å²) < 4.78 is 0. The Morgan fingerprint density at radius 3 is 2.73 bits per heavy atom. The molecule has 2 aromatic carbocycles. The second-order valence-corrected chi connectivity index (χ2v) is 5.01. The number of urea groups is 1. The van der Waals surface area contributed by atoms with Crippen molar-refractivity contribution < 1.29 is 9.90 Å². The van der Waals surface area contributed by atoms with Crippen molar-refractivity contribution in [2.75, 3.05) is 5.32 Å². The van der Waals surface area contributed by atoms with Crippen molar-refractivity contribution in [2.45, 2.75) is 13.2 Å². The number of rotatable bonds is 4. The predicted octanol–water partition coefficient (Wildman–Crippen LogP) is 2.98. The zero-order valence-electron chi connectivity index (χ0n) is 12.0. The van der Waals surface area contributed by atoms with E-state index in [2.05, 4.69) is 15.6 Å². The van der Waals surface area contributed by atoms with Gasteiger partial charge in [0.2, 0.25) is 0 Å².